The zero-order valence-electron chi connectivity index (χ0n) is 12.3. The Morgan fingerprint density at radius 2 is 2.00 bits per heavy atom. The third kappa shape index (κ3) is 3.68. The van der Waals surface area contributed by atoms with E-state index in [-0.39, 0.29) is 11.7 Å². The molecule has 0 spiro atoms. The van der Waals surface area contributed by atoms with Gasteiger partial charge in [0.2, 0.25) is 5.91 Å². The number of hydrogen-bond donors (Lipinski definition) is 0. The molecule has 0 fully saturated rings. The average Bonchev–Trinajstić information content (AvgIpc) is 2.95. The van der Waals surface area contributed by atoms with Crippen molar-refractivity contribution in [2.24, 2.45) is 0 Å². The molecule has 1 aromatic carbocycles. The van der Waals surface area contributed by atoms with Crippen LogP contribution in [0.25, 0.3) is 11.3 Å². The summed E-state index contributed by atoms with van der Waals surface area (Å²) in [5, 5.41) is 0. The highest BCUT2D eigenvalue weighted by molar-refractivity contribution is 5.76. The van der Waals surface area contributed by atoms with E-state index < -0.39 is 0 Å². The molecular formula is C16H19FN2O2. The van der Waals surface area contributed by atoms with Crippen molar-refractivity contribution < 1.29 is 13.6 Å². The second-order valence-corrected chi connectivity index (χ2v) is 4.66. The lowest BCUT2D eigenvalue weighted by atomic mass is 10.2. The third-order valence-electron chi connectivity index (χ3n) is 3.36. The van der Waals surface area contributed by atoms with E-state index in [4.69, 9.17) is 4.42 Å². The largest absolute Gasteiger partial charge is 0.441 e. The molecule has 0 saturated carbocycles. The molecule has 0 bridgehead atoms. The quantitative estimate of drug-likeness (QED) is 0.820. The molecular weight excluding hydrogens is 271 g/mol. The number of hydrogen-bond acceptors (Lipinski definition) is 3. The number of carbonyl (C=O) groups is 1. The summed E-state index contributed by atoms with van der Waals surface area (Å²) in [6, 6.07) is 6.38. The van der Waals surface area contributed by atoms with Crippen molar-refractivity contribution in [1.82, 2.24) is 9.88 Å². The van der Waals surface area contributed by atoms with Crippen LogP contribution < -0.4 is 0 Å². The number of oxazole rings is 1. The van der Waals surface area contributed by atoms with E-state index in [0.29, 0.717) is 43.1 Å². The maximum atomic E-state index is 13.6. The summed E-state index contributed by atoms with van der Waals surface area (Å²) in [6.45, 7) is 5.29. The van der Waals surface area contributed by atoms with Crippen LogP contribution in [0.4, 0.5) is 4.39 Å². The molecule has 0 N–H and O–H groups in total. The van der Waals surface area contributed by atoms with Crippen molar-refractivity contribution in [1.29, 1.82) is 0 Å². The fraction of sp³-hybridized carbons (Fsp3) is 0.375. The van der Waals surface area contributed by atoms with E-state index in [0.717, 1.165) is 0 Å². The zero-order chi connectivity index (χ0) is 15.2. The Morgan fingerprint density at radius 3 is 2.67 bits per heavy atom. The van der Waals surface area contributed by atoms with Crippen molar-refractivity contribution in [3.05, 3.63) is 42.2 Å². The van der Waals surface area contributed by atoms with E-state index in [1.165, 1.54) is 12.3 Å². The van der Waals surface area contributed by atoms with E-state index in [1.807, 2.05) is 13.8 Å². The van der Waals surface area contributed by atoms with Gasteiger partial charge in [0.15, 0.2) is 11.7 Å². The Hall–Kier alpha value is -2.17. The van der Waals surface area contributed by atoms with Gasteiger partial charge in [-0.1, -0.05) is 12.1 Å². The predicted molar refractivity (Wildman–Crippen MR) is 78.1 cm³/mol. The molecule has 21 heavy (non-hydrogen) atoms. The van der Waals surface area contributed by atoms with E-state index in [1.54, 1.807) is 23.1 Å². The Balaban J connectivity index is 2.01. The predicted octanol–water partition coefficient (Wildman–Crippen LogP) is 3.28. The van der Waals surface area contributed by atoms with Crippen LogP contribution in [0.15, 0.2) is 34.9 Å². The maximum Gasteiger partial charge on any atom is 0.223 e. The topological polar surface area (TPSA) is 46.3 Å². The Morgan fingerprint density at radius 1 is 1.29 bits per heavy atom. The molecule has 112 valence electrons. The Labute approximate surface area is 123 Å². The third-order valence-corrected chi connectivity index (χ3v) is 3.36. The van der Waals surface area contributed by atoms with E-state index in [9.17, 15) is 9.18 Å². The van der Waals surface area contributed by atoms with Crippen LogP contribution in [0.3, 0.4) is 0 Å². The van der Waals surface area contributed by atoms with Crippen molar-refractivity contribution >= 4 is 5.91 Å². The number of amides is 1. The van der Waals surface area contributed by atoms with Crippen molar-refractivity contribution in [2.75, 3.05) is 13.1 Å². The SMILES string of the molecule is CCN(CC)C(=O)CCc1ncc(-c2ccccc2F)o1. The van der Waals surface area contributed by atoms with Gasteiger partial charge in [0.25, 0.3) is 0 Å². The summed E-state index contributed by atoms with van der Waals surface area (Å²) in [7, 11) is 0. The second-order valence-electron chi connectivity index (χ2n) is 4.66. The fourth-order valence-corrected chi connectivity index (χ4v) is 2.16. The standard InChI is InChI=1S/C16H19FN2O2/c1-3-19(4-2)16(20)10-9-15-18-11-14(21-15)12-7-5-6-8-13(12)17/h5-8,11H,3-4,9-10H2,1-2H3. The molecule has 2 rings (SSSR count). The molecule has 0 aliphatic carbocycles. The van der Waals surface area contributed by atoms with Crippen molar-refractivity contribution in [2.45, 2.75) is 26.7 Å². The van der Waals surface area contributed by atoms with Crippen LogP contribution >= 0.6 is 0 Å². The van der Waals surface area contributed by atoms with E-state index in [2.05, 4.69) is 4.98 Å². The lowest BCUT2D eigenvalue weighted by molar-refractivity contribution is -0.130. The first-order valence-corrected chi connectivity index (χ1v) is 7.13. The molecule has 1 aromatic heterocycles. The van der Waals surface area contributed by atoms with Gasteiger partial charge in [0, 0.05) is 25.9 Å². The average molecular weight is 290 g/mol. The lowest BCUT2D eigenvalue weighted by Crippen LogP contribution is -2.30. The van der Waals surface area contributed by atoms with Crippen LogP contribution in [0.2, 0.25) is 0 Å². The fourth-order valence-electron chi connectivity index (χ4n) is 2.16. The number of nitrogens with zero attached hydrogens (tertiary/aromatic N) is 2. The Kier molecular flexibility index (Phi) is 5.09. The van der Waals surface area contributed by atoms with Gasteiger partial charge in [-0.25, -0.2) is 9.37 Å². The van der Waals surface area contributed by atoms with Crippen LogP contribution in [-0.4, -0.2) is 28.9 Å². The highest BCUT2D eigenvalue weighted by Crippen LogP contribution is 2.23. The highest BCUT2D eigenvalue weighted by Gasteiger charge is 2.13. The van der Waals surface area contributed by atoms with E-state index >= 15 is 0 Å². The van der Waals surface area contributed by atoms with Crippen LogP contribution in [-0.2, 0) is 11.2 Å². The minimum atomic E-state index is -0.348. The van der Waals surface area contributed by atoms with Gasteiger partial charge in [-0.2, -0.15) is 0 Å². The second kappa shape index (κ2) is 7.02. The summed E-state index contributed by atoms with van der Waals surface area (Å²) in [5.41, 5.74) is 0.381. The maximum absolute atomic E-state index is 13.6. The monoisotopic (exact) mass is 290 g/mol. The number of aromatic nitrogens is 1. The normalized spacial score (nSPS) is 10.6. The minimum Gasteiger partial charge on any atom is -0.441 e. The smallest absolute Gasteiger partial charge is 0.223 e. The van der Waals surface area contributed by atoms with Gasteiger partial charge >= 0.3 is 0 Å². The number of halogens is 1. The van der Waals surface area contributed by atoms with Gasteiger partial charge in [-0.05, 0) is 26.0 Å². The summed E-state index contributed by atoms with van der Waals surface area (Å²) < 4.78 is 19.2. The number of rotatable bonds is 6. The first kappa shape index (κ1) is 15.2. The van der Waals surface area contributed by atoms with Crippen molar-refractivity contribution in [3.63, 3.8) is 0 Å². The molecule has 5 heteroatoms. The molecule has 0 atom stereocenters. The lowest BCUT2D eigenvalue weighted by Gasteiger charge is -2.17. The number of carbonyl (C=O) groups excluding carboxylic acids is 1. The van der Waals surface area contributed by atoms with Crippen LogP contribution in [0.5, 0.6) is 0 Å². The minimum absolute atomic E-state index is 0.0747. The zero-order valence-corrected chi connectivity index (χ0v) is 12.3. The number of benzene rings is 1. The molecule has 1 amide bonds. The summed E-state index contributed by atoms with van der Waals surface area (Å²) in [4.78, 5) is 17.8. The van der Waals surface area contributed by atoms with Gasteiger partial charge < -0.3 is 9.32 Å². The molecule has 1 heterocycles. The summed E-state index contributed by atoms with van der Waals surface area (Å²) >= 11 is 0. The first-order chi connectivity index (χ1) is 10.2. The van der Waals surface area contributed by atoms with Gasteiger partial charge in [-0.15, -0.1) is 0 Å². The molecule has 4 nitrogen and oxygen atoms in total. The molecule has 2 aromatic rings. The first-order valence-electron chi connectivity index (χ1n) is 7.13. The molecule has 0 unspecified atom stereocenters. The summed E-state index contributed by atoms with van der Waals surface area (Å²) in [5.74, 6) is 0.567. The highest BCUT2D eigenvalue weighted by atomic mass is 19.1. The number of aryl methyl sites for hydroxylation is 1. The molecule has 0 aliphatic heterocycles. The van der Waals surface area contributed by atoms with Crippen molar-refractivity contribution in [3.8, 4) is 11.3 Å². The Bertz CT molecular complexity index is 606. The van der Waals surface area contributed by atoms with Crippen LogP contribution in [0, 0.1) is 5.82 Å². The van der Waals surface area contributed by atoms with Gasteiger partial charge in [0.05, 0.1) is 11.8 Å². The molecule has 0 aliphatic rings. The van der Waals surface area contributed by atoms with Crippen LogP contribution in [0.1, 0.15) is 26.2 Å². The van der Waals surface area contributed by atoms with Gasteiger partial charge in [-0.3, -0.25) is 4.79 Å². The molecule has 0 saturated heterocycles. The molecule has 0 radical (unpaired) electrons. The summed E-state index contributed by atoms with van der Waals surface area (Å²) in [6.07, 6.45) is 2.26. The van der Waals surface area contributed by atoms with Gasteiger partial charge in [0.1, 0.15) is 5.82 Å².